The number of ether oxygens (including phenoxy) is 1. The molecular formula is C14H24N4O2S. The van der Waals surface area contributed by atoms with E-state index < -0.39 is 5.60 Å². The van der Waals surface area contributed by atoms with Crippen molar-refractivity contribution >= 4 is 22.8 Å². The van der Waals surface area contributed by atoms with Crippen LogP contribution in [0, 0.1) is 0 Å². The van der Waals surface area contributed by atoms with Crippen LogP contribution in [0.2, 0.25) is 0 Å². The summed E-state index contributed by atoms with van der Waals surface area (Å²) in [7, 11) is 0. The Morgan fingerprint density at radius 3 is 2.67 bits per heavy atom. The summed E-state index contributed by atoms with van der Waals surface area (Å²) in [5.74, 6) is 0.892. The van der Waals surface area contributed by atoms with Gasteiger partial charge < -0.3 is 14.5 Å². The minimum absolute atomic E-state index is 0.226. The Balaban J connectivity index is 1.94. The summed E-state index contributed by atoms with van der Waals surface area (Å²) in [5.41, 5.74) is -0.446. The topological polar surface area (TPSA) is 58.6 Å². The molecule has 1 fully saturated rings. The third kappa shape index (κ3) is 4.56. The number of hydrogen-bond acceptors (Lipinski definition) is 6. The maximum Gasteiger partial charge on any atom is 0.410 e. The van der Waals surface area contributed by atoms with Crippen molar-refractivity contribution in [3.8, 4) is 0 Å². The lowest BCUT2D eigenvalue weighted by Gasteiger charge is -2.26. The first-order chi connectivity index (χ1) is 9.89. The Kier molecular flexibility index (Phi) is 5.03. The summed E-state index contributed by atoms with van der Waals surface area (Å²) in [6, 6.07) is 0. The normalized spacial score (nSPS) is 16.8. The minimum atomic E-state index is -0.446. The van der Waals surface area contributed by atoms with Crippen LogP contribution in [0.1, 0.15) is 39.9 Å². The van der Waals surface area contributed by atoms with E-state index in [1.54, 1.807) is 4.90 Å². The van der Waals surface area contributed by atoms with Crippen LogP contribution in [0.3, 0.4) is 0 Å². The molecule has 21 heavy (non-hydrogen) atoms. The van der Waals surface area contributed by atoms with Crippen molar-refractivity contribution in [2.45, 2.75) is 46.1 Å². The second kappa shape index (κ2) is 6.60. The molecule has 0 atom stereocenters. The number of aryl methyl sites for hydroxylation is 1. The summed E-state index contributed by atoms with van der Waals surface area (Å²) in [5, 5.41) is 0.956. The largest absolute Gasteiger partial charge is 0.444 e. The highest BCUT2D eigenvalue weighted by atomic mass is 32.1. The van der Waals surface area contributed by atoms with E-state index in [0.717, 1.165) is 43.4 Å². The summed E-state index contributed by atoms with van der Waals surface area (Å²) in [6.07, 6.45) is 1.55. The van der Waals surface area contributed by atoms with E-state index in [1.165, 1.54) is 11.5 Å². The Morgan fingerprint density at radius 2 is 2.05 bits per heavy atom. The van der Waals surface area contributed by atoms with E-state index in [9.17, 15) is 4.79 Å². The molecule has 0 spiro atoms. The molecule has 118 valence electrons. The third-order valence-electron chi connectivity index (χ3n) is 3.19. The number of anilines is 1. The predicted octanol–water partition coefficient (Wildman–Crippen LogP) is 2.55. The fraction of sp³-hybridized carbons (Fsp3) is 0.786. The van der Waals surface area contributed by atoms with E-state index in [4.69, 9.17) is 4.74 Å². The van der Waals surface area contributed by atoms with Crippen molar-refractivity contribution in [2.75, 3.05) is 31.1 Å². The fourth-order valence-electron chi connectivity index (χ4n) is 2.13. The average molecular weight is 312 g/mol. The molecule has 2 rings (SSSR count). The van der Waals surface area contributed by atoms with Gasteiger partial charge in [0, 0.05) is 44.1 Å². The summed E-state index contributed by atoms with van der Waals surface area (Å²) < 4.78 is 9.77. The molecule has 1 aliphatic rings. The van der Waals surface area contributed by atoms with Gasteiger partial charge in [-0.15, -0.1) is 0 Å². The number of aromatic nitrogens is 2. The van der Waals surface area contributed by atoms with Crippen LogP contribution >= 0.6 is 11.5 Å². The van der Waals surface area contributed by atoms with E-state index in [2.05, 4.69) is 21.2 Å². The SMILES string of the molecule is CCc1nsc(N2CCCN(C(=O)OC(C)(C)C)CC2)n1. The van der Waals surface area contributed by atoms with Crippen LogP contribution < -0.4 is 4.90 Å². The highest BCUT2D eigenvalue weighted by Crippen LogP contribution is 2.20. The van der Waals surface area contributed by atoms with Crippen molar-refractivity contribution in [3.05, 3.63) is 5.82 Å². The molecule has 1 aromatic rings. The van der Waals surface area contributed by atoms with E-state index >= 15 is 0 Å². The minimum Gasteiger partial charge on any atom is -0.444 e. The second-order valence-corrected chi connectivity index (χ2v) is 6.89. The summed E-state index contributed by atoms with van der Waals surface area (Å²) in [4.78, 5) is 20.6. The van der Waals surface area contributed by atoms with Gasteiger partial charge in [0.05, 0.1) is 0 Å². The molecule has 1 saturated heterocycles. The van der Waals surface area contributed by atoms with Gasteiger partial charge in [-0.25, -0.2) is 9.78 Å². The van der Waals surface area contributed by atoms with Crippen LogP contribution in [0.5, 0.6) is 0 Å². The zero-order chi connectivity index (χ0) is 15.5. The maximum atomic E-state index is 12.1. The third-order valence-corrected chi connectivity index (χ3v) is 4.01. The van der Waals surface area contributed by atoms with Gasteiger partial charge in [-0.1, -0.05) is 6.92 Å². The Hall–Kier alpha value is -1.37. The molecule has 0 aromatic carbocycles. The molecule has 1 aliphatic heterocycles. The van der Waals surface area contributed by atoms with Crippen LogP contribution in [-0.2, 0) is 11.2 Å². The van der Waals surface area contributed by atoms with Gasteiger partial charge in [0.15, 0.2) is 0 Å². The Bertz CT molecular complexity index is 484. The molecule has 1 aromatic heterocycles. The summed E-state index contributed by atoms with van der Waals surface area (Å²) in [6.45, 7) is 10.8. The highest BCUT2D eigenvalue weighted by Gasteiger charge is 2.25. The molecule has 0 saturated carbocycles. The van der Waals surface area contributed by atoms with Crippen molar-refractivity contribution in [1.82, 2.24) is 14.3 Å². The molecule has 0 N–H and O–H groups in total. The molecule has 0 aliphatic carbocycles. The lowest BCUT2D eigenvalue weighted by atomic mass is 10.2. The van der Waals surface area contributed by atoms with Crippen molar-refractivity contribution < 1.29 is 9.53 Å². The zero-order valence-corrected chi connectivity index (χ0v) is 14.1. The lowest BCUT2D eigenvalue weighted by molar-refractivity contribution is 0.0263. The van der Waals surface area contributed by atoms with Crippen LogP contribution in [0.4, 0.5) is 9.93 Å². The molecule has 0 radical (unpaired) electrons. The smallest absolute Gasteiger partial charge is 0.410 e. The van der Waals surface area contributed by atoms with Crippen LogP contribution in [0.25, 0.3) is 0 Å². The summed E-state index contributed by atoms with van der Waals surface area (Å²) >= 11 is 1.44. The number of carbonyl (C=O) groups is 1. The van der Waals surface area contributed by atoms with E-state index in [1.807, 2.05) is 20.8 Å². The second-order valence-electron chi connectivity index (χ2n) is 6.15. The van der Waals surface area contributed by atoms with Crippen LogP contribution in [-0.4, -0.2) is 52.1 Å². The standard InChI is InChI=1S/C14H24N4O2S/c1-5-11-15-12(21-16-11)17-7-6-8-18(10-9-17)13(19)20-14(2,3)4/h5-10H2,1-4H3. The van der Waals surface area contributed by atoms with Gasteiger partial charge >= 0.3 is 6.09 Å². The van der Waals surface area contributed by atoms with E-state index in [-0.39, 0.29) is 6.09 Å². The van der Waals surface area contributed by atoms with Crippen molar-refractivity contribution in [3.63, 3.8) is 0 Å². The monoisotopic (exact) mass is 312 g/mol. The van der Waals surface area contributed by atoms with Gasteiger partial charge in [0.2, 0.25) is 5.13 Å². The fourth-order valence-corrected chi connectivity index (χ4v) is 2.94. The average Bonchev–Trinajstić information content (AvgIpc) is 2.73. The first-order valence-electron chi connectivity index (χ1n) is 7.44. The van der Waals surface area contributed by atoms with E-state index in [0.29, 0.717) is 6.54 Å². The molecule has 2 heterocycles. The molecule has 0 unspecified atom stereocenters. The number of hydrogen-bond donors (Lipinski definition) is 0. The molecule has 1 amide bonds. The predicted molar refractivity (Wildman–Crippen MR) is 83.9 cm³/mol. The number of amides is 1. The van der Waals surface area contributed by atoms with Crippen molar-refractivity contribution in [2.24, 2.45) is 0 Å². The van der Waals surface area contributed by atoms with Gasteiger partial charge in [0.1, 0.15) is 11.4 Å². The molecule has 0 bridgehead atoms. The number of nitrogens with zero attached hydrogens (tertiary/aromatic N) is 4. The quantitative estimate of drug-likeness (QED) is 0.840. The number of rotatable bonds is 2. The van der Waals surface area contributed by atoms with Gasteiger partial charge in [-0.3, -0.25) is 0 Å². The van der Waals surface area contributed by atoms with Gasteiger partial charge in [-0.2, -0.15) is 4.37 Å². The molecule has 6 nitrogen and oxygen atoms in total. The van der Waals surface area contributed by atoms with Crippen LogP contribution in [0.15, 0.2) is 0 Å². The highest BCUT2D eigenvalue weighted by molar-refractivity contribution is 7.09. The Labute approximate surface area is 130 Å². The van der Waals surface area contributed by atoms with Crippen molar-refractivity contribution in [1.29, 1.82) is 0 Å². The van der Waals surface area contributed by atoms with Gasteiger partial charge in [0.25, 0.3) is 0 Å². The Morgan fingerprint density at radius 1 is 1.29 bits per heavy atom. The lowest BCUT2D eigenvalue weighted by Crippen LogP contribution is -2.39. The number of carbonyl (C=O) groups excluding carboxylic acids is 1. The maximum absolute atomic E-state index is 12.1. The first kappa shape index (κ1) is 16.0. The first-order valence-corrected chi connectivity index (χ1v) is 8.22. The molecular weight excluding hydrogens is 288 g/mol. The molecule has 7 heteroatoms. The van der Waals surface area contributed by atoms with Gasteiger partial charge in [-0.05, 0) is 27.2 Å². The zero-order valence-electron chi connectivity index (χ0n) is 13.3.